The molecule has 2 aromatic rings. The van der Waals surface area contributed by atoms with E-state index in [4.69, 9.17) is 4.74 Å². The van der Waals surface area contributed by atoms with Crippen LogP contribution < -0.4 is 10.1 Å². The number of hydrogen-bond donors (Lipinski definition) is 1. The lowest BCUT2D eigenvalue weighted by Gasteiger charge is -2.15. The van der Waals surface area contributed by atoms with Crippen molar-refractivity contribution in [3.8, 4) is 5.75 Å². The first-order chi connectivity index (χ1) is 8.70. The second kappa shape index (κ2) is 6.03. The molecule has 3 heteroatoms. The Hall–Kier alpha value is -1.32. The molecule has 1 atom stereocenters. The van der Waals surface area contributed by atoms with Crippen molar-refractivity contribution in [1.29, 1.82) is 0 Å². The molecular weight excluding hydrogens is 242 g/mol. The highest BCUT2D eigenvalue weighted by molar-refractivity contribution is 7.08. The normalized spacial score (nSPS) is 12.4. The molecule has 2 rings (SSSR count). The SMILES string of the molecule is COc1cccc(C(C)NCc2cscc2C)c1. The Balaban J connectivity index is 1.99. The Morgan fingerprint density at radius 3 is 2.83 bits per heavy atom. The number of thiophene rings is 1. The first-order valence-corrected chi connectivity index (χ1v) is 7.04. The minimum absolute atomic E-state index is 0.319. The molecule has 0 aliphatic carbocycles. The van der Waals surface area contributed by atoms with E-state index in [0.29, 0.717) is 6.04 Å². The molecule has 1 N–H and O–H groups in total. The van der Waals surface area contributed by atoms with E-state index in [2.05, 4.69) is 42.1 Å². The first kappa shape index (κ1) is 13.1. The van der Waals surface area contributed by atoms with Crippen molar-refractivity contribution < 1.29 is 4.74 Å². The fraction of sp³-hybridized carbons (Fsp3) is 0.333. The average molecular weight is 261 g/mol. The van der Waals surface area contributed by atoms with Crippen LogP contribution in [0.1, 0.15) is 29.7 Å². The predicted molar refractivity (Wildman–Crippen MR) is 77.3 cm³/mol. The van der Waals surface area contributed by atoms with E-state index in [1.54, 1.807) is 18.4 Å². The monoisotopic (exact) mass is 261 g/mol. The molecule has 96 valence electrons. The minimum Gasteiger partial charge on any atom is -0.497 e. The highest BCUT2D eigenvalue weighted by Crippen LogP contribution is 2.20. The fourth-order valence-electron chi connectivity index (χ4n) is 1.86. The smallest absolute Gasteiger partial charge is 0.119 e. The molecule has 0 aliphatic rings. The molecule has 0 amide bonds. The molecule has 0 bridgehead atoms. The molecule has 0 radical (unpaired) electrons. The standard InChI is InChI=1S/C15H19NOS/c1-11-9-18-10-14(11)8-16-12(2)13-5-4-6-15(7-13)17-3/h4-7,9-10,12,16H,8H2,1-3H3. The van der Waals surface area contributed by atoms with Gasteiger partial charge in [0, 0.05) is 12.6 Å². The molecule has 0 saturated heterocycles. The van der Waals surface area contributed by atoms with Crippen molar-refractivity contribution >= 4 is 11.3 Å². The maximum absolute atomic E-state index is 5.25. The van der Waals surface area contributed by atoms with Crippen LogP contribution in [-0.2, 0) is 6.54 Å². The van der Waals surface area contributed by atoms with Crippen molar-refractivity contribution in [1.82, 2.24) is 5.32 Å². The third-order valence-electron chi connectivity index (χ3n) is 3.15. The molecule has 18 heavy (non-hydrogen) atoms. The van der Waals surface area contributed by atoms with Crippen LogP contribution in [0.4, 0.5) is 0 Å². The van der Waals surface area contributed by atoms with Gasteiger partial charge in [-0.15, -0.1) is 0 Å². The largest absolute Gasteiger partial charge is 0.497 e. The number of benzene rings is 1. The molecule has 0 aliphatic heterocycles. The lowest BCUT2D eigenvalue weighted by molar-refractivity contribution is 0.413. The van der Waals surface area contributed by atoms with Crippen LogP contribution in [0.2, 0.25) is 0 Å². The van der Waals surface area contributed by atoms with E-state index in [1.165, 1.54) is 16.7 Å². The molecule has 1 aromatic carbocycles. The topological polar surface area (TPSA) is 21.3 Å². The van der Waals surface area contributed by atoms with Crippen LogP contribution in [0.15, 0.2) is 35.0 Å². The van der Waals surface area contributed by atoms with E-state index in [1.807, 2.05) is 12.1 Å². The molecule has 0 saturated carbocycles. The summed E-state index contributed by atoms with van der Waals surface area (Å²) >= 11 is 1.76. The third kappa shape index (κ3) is 3.12. The Labute approximate surface area is 113 Å². The van der Waals surface area contributed by atoms with Gasteiger partial charge < -0.3 is 10.1 Å². The summed E-state index contributed by atoms with van der Waals surface area (Å²) in [6.45, 7) is 5.24. The van der Waals surface area contributed by atoms with Gasteiger partial charge in [-0.3, -0.25) is 0 Å². The van der Waals surface area contributed by atoms with Gasteiger partial charge in [0.1, 0.15) is 5.75 Å². The minimum atomic E-state index is 0.319. The molecule has 1 heterocycles. The van der Waals surface area contributed by atoms with Gasteiger partial charge in [0.15, 0.2) is 0 Å². The summed E-state index contributed by atoms with van der Waals surface area (Å²) in [5, 5.41) is 7.94. The second-order valence-electron chi connectivity index (χ2n) is 4.46. The van der Waals surface area contributed by atoms with Crippen LogP contribution in [0.5, 0.6) is 5.75 Å². The van der Waals surface area contributed by atoms with Gasteiger partial charge >= 0.3 is 0 Å². The molecular formula is C15H19NOS. The number of aryl methyl sites for hydroxylation is 1. The fourth-order valence-corrected chi connectivity index (χ4v) is 2.72. The van der Waals surface area contributed by atoms with Gasteiger partial charge in [-0.2, -0.15) is 11.3 Å². The Morgan fingerprint density at radius 1 is 1.33 bits per heavy atom. The van der Waals surface area contributed by atoms with Gasteiger partial charge in [0.25, 0.3) is 0 Å². The zero-order valence-corrected chi connectivity index (χ0v) is 11.9. The van der Waals surface area contributed by atoms with Crippen LogP contribution >= 0.6 is 11.3 Å². The Bertz CT molecular complexity index is 507. The lowest BCUT2D eigenvalue weighted by Crippen LogP contribution is -2.18. The molecule has 1 unspecified atom stereocenters. The van der Waals surface area contributed by atoms with Crippen molar-refractivity contribution in [3.63, 3.8) is 0 Å². The van der Waals surface area contributed by atoms with Crippen molar-refractivity contribution in [2.45, 2.75) is 26.4 Å². The number of nitrogens with one attached hydrogen (secondary N) is 1. The van der Waals surface area contributed by atoms with Crippen molar-refractivity contribution in [2.75, 3.05) is 7.11 Å². The van der Waals surface area contributed by atoms with E-state index in [-0.39, 0.29) is 0 Å². The zero-order valence-electron chi connectivity index (χ0n) is 11.1. The molecule has 0 spiro atoms. The van der Waals surface area contributed by atoms with Crippen molar-refractivity contribution in [3.05, 3.63) is 51.7 Å². The number of methoxy groups -OCH3 is 1. The van der Waals surface area contributed by atoms with Crippen LogP contribution in [-0.4, -0.2) is 7.11 Å². The zero-order chi connectivity index (χ0) is 13.0. The van der Waals surface area contributed by atoms with E-state index < -0.39 is 0 Å². The summed E-state index contributed by atoms with van der Waals surface area (Å²) in [6, 6.07) is 8.53. The number of hydrogen-bond acceptors (Lipinski definition) is 3. The number of ether oxygens (including phenoxy) is 1. The maximum Gasteiger partial charge on any atom is 0.119 e. The number of rotatable bonds is 5. The van der Waals surface area contributed by atoms with Crippen LogP contribution in [0, 0.1) is 6.92 Å². The average Bonchev–Trinajstić information content (AvgIpc) is 2.81. The summed E-state index contributed by atoms with van der Waals surface area (Å²) < 4.78 is 5.25. The van der Waals surface area contributed by atoms with E-state index in [9.17, 15) is 0 Å². The summed E-state index contributed by atoms with van der Waals surface area (Å²) in [7, 11) is 1.70. The quantitative estimate of drug-likeness (QED) is 0.881. The summed E-state index contributed by atoms with van der Waals surface area (Å²) in [6.07, 6.45) is 0. The Kier molecular flexibility index (Phi) is 4.39. The van der Waals surface area contributed by atoms with Gasteiger partial charge in [0.05, 0.1) is 7.11 Å². The van der Waals surface area contributed by atoms with Gasteiger partial charge in [0.2, 0.25) is 0 Å². The third-order valence-corrected chi connectivity index (χ3v) is 4.06. The van der Waals surface area contributed by atoms with Crippen molar-refractivity contribution in [2.24, 2.45) is 0 Å². The first-order valence-electron chi connectivity index (χ1n) is 6.09. The van der Waals surface area contributed by atoms with Gasteiger partial charge in [-0.1, -0.05) is 12.1 Å². The molecule has 2 nitrogen and oxygen atoms in total. The second-order valence-corrected chi connectivity index (χ2v) is 5.20. The predicted octanol–water partition coefficient (Wildman–Crippen LogP) is 3.92. The lowest BCUT2D eigenvalue weighted by atomic mass is 10.1. The summed E-state index contributed by atoms with van der Waals surface area (Å²) in [5.74, 6) is 0.910. The highest BCUT2D eigenvalue weighted by atomic mass is 32.1. The maximum atomic E-state index is 5.25. The Morgan fingerprint density at radius 2 is 2.17 bits per heavy atom. The van der Waals surface area contributed by atoms with E-state index in [0.717, 1.165) is 12.3 Å². The summed E-state index contributed by atoms with van der Waals surface area (Å²) in [5.41, 5.74) is 4.00. The van der Waals surface area contributed by atoms with E-state index >= 15 is 0 Å². The highest BCUT2D eigenvalue weighted by Gasteiger charge is 2.07. The van der Waals surface area contributed by atoms with Crippen LogP contribution in [0.3, 0.4) is 0 Å². The molecule has 0 fully saturated rings. The van der Waals surface area contributed by atoms with Crippen LogP contribution in [0.25, 0.3) is 0 Å². The summed E-state index contributed by atoms with van der Waals surface area (Å²) in [4.78, 5) is 0. The van der Waals surface area contributed by atoms with Gasteiger partial charge in [-0.05, 0) is 53.4 Å². The van der Waals surface area contributed by atoms with Gasteiger partial charge in [-0.25, -0.2) is 0 Å². The molecule has 1 aromatic heterocycles.